The van der Waals surface area contributed by atoms with E-state index in [1.54, 1.807) is 0 Å². The number of nitrogens with zero attached hydrogens (tertiary/aromatic N) is 2. The highest BCUT2D eigenvalue weighted by molar-refractivity contribution is 5.05. The number of hydrogen-bond donors (Lipinski definition) is 1. The van der Waals surface area contributed by atoms with Crippen LogP contribution in [0.4, 0.5) is 0 Å². The molecule has 2 atom stereocenters. The van der Waals surface area contributed by atoms with E-state index in [-0.39, 0.29) is 6.04 Å². The van der Waals surface area contributed by atoms with Crippen LogP contribution in [0.3, 0.4) is 0 Å². The largest absolute Gasteiger partial charge is 0.367 e. The lowest BCUT2D eigenvalue weighted by Gasteiger charge is -2.27. The summed E-state index contributed by atoms with van der Waals surface area (Å²) in [6, 6.07) is 0.273. The van der Waals surface area contributed by atoms with Crippen LogP contribution >= 0.6 is 0 Å². The maximum absolute atomic E-state index is 5.94. The molecule has 1 saturated carbocycles. The fraction of sp³-hybridized carbons (Fsp3) is 0.857. The Hall–Kier alpha value is -0.940. The summed E-state index contributed by atoms with van der Waals surface area (Å²) < 4.78 is 11.4. The monoisotopic (exact) mass is 267 g/mol. The summed E-state index contributed by atoms with van der Waals surface area (Å²) >= 11 is 0. The van der Waals surface area contributed by atoms with Crippen LogP contribution in [0.2, 0.25) is 0 Å². The van der Waals surface area contributed by atoms with Gasteiger partial charge in [0.15, 0.2) is 0 Å². The van der Waals surface area contributed by atoms with Gasteiger partial charge in [0.2, 0.25) is 11.7 Å². The number of ether oxygens (including phenoxy) is 1. The predicted molar refractivity (Wildman–Crippen MR) is 72.8 cm³/mol. The van der Waals surface area contributed by atoms with Crippen LogP contribution in [0.1, 0.15) is 70.5 Å². The highest BCUT2D eigenvalue weighted by Crippen LogP contribution is 2.36. The van der Waals surface area contributed by atoms with Gasteiger partial charge in [-0.25, -0.2) is 0 Å². The normalized spacial score (nSPS) is 24.0. The summed E-state index contributed by atoms with van der Waals surface area (Å²) in [5.41, 5.74) is 5.54. The predicted octanol–water partition coefficient (Wildman–Crippen LogP) is 2.72. The lowest BCUT2D eigenvalue weighted by atomic mass is 9.96. The quantitative estimate of drug-likeness (QED) is 0.857. The Morgan fingerprint density at radius 3 is 2.58 bits per heavy atom. The minimum atomic E-state index is -0.406. The van der Waals surface area contributed by atoms with Gasteiger partial charge in [-0.3, -0.25) is 0 Å². The van der Waals surface area contributed by atoms with Gasteiger partial charge >= 0.3 is 0 Å². The Bertz CT molecular complexity index is 401. The third-order valence-electron chi connectivity index (χ3n) is 4.23. The first-order valence-electron chi connectivity index (χ1n) is 7.38. The maximum Gasteiger partial charge on any atom is 0.229 e. The molecule has 2 unspecified atom stereocenters. The molecule has 19 heavy (non-hydrogen) atoms. The standard InChI is InChI=1S/C14H25N3O2/c1-4-14(5-2,18-6-3)13-16-12(19-17-13)10-7-8-11(15)9-10/h10-11H,4-9,15H2,1-3H3. The number of hydrogen-bond acceptors (Lipinski definition) is 5. The Morgan fingerprint density at radius 2 is 2.05 bits per heavy atom. The van der Waals surface area contributed by atoms with Gasteiger partial charge in [0.1, 0.15) is 5.60 Å². The molecule has 0 aliphatic heterocycles. The number of rotatable bonds is 6. The first kappa shape index (κ1) is 14.5. The van der Waals surface area contributed by atoms with Crippen LogP contribution in [0, 0.1) is 0 Å². The Balaban J connectivity index is 2.18. The van der Waals surface area contributed by atoms with Crippen LogP contribution in [0.5, 0.6) is 0 Å². The van der Waals surface area contributed by atoms with E-state index < -0.39 is 5.60 Å². The van der Waals surface area contributed by atoms with Crippen molar-refractivity contribution in [1.29, 1.82) is 0 Å². The average Bonchev–Trinajstić information content (AvgIpc) is 3.05. The van der Waals surface area contributed by atoms with Crippen molar-refractivity contribution in [3.63, 3.8) is 0 Å². The average molecular weight is 267 g/mol. The van der Waals surface area contributed by atoms with Gasteiger partial charge in [0, 0.05) is 18.6 Å². The second kappa shape index (κ2) is 6.01. The molecule has 2 N–H and O–H groups in total. The zero-order valence-corrected chi connectivity index (χ0v) is 12.2. The van der Waals surface area contributed by atoms with Crippen LogP contribution in [0.25, 0.3) is 0 Å². The fourth-order valence-electron chi connectivity index (χ4n) is 2.94. The van der Waals surface area contributed by atoms with Gasteiger partial charge in [0.25, 0.3) is 0 Å². The van der Waals surface area contributed by atoms with Crippen molar-refractivity contribution in [2.24, 2.45) is 5.73 Å². The van der Waals surface area contributed by atoms with E-state index in [1.807, 2.05) is 6.92 Å². The minimum absolute atomic E-state index is 0.273. The second-order valence-electron chi connectivity index (χ2n) is 5.36. The van der Waals surface area contributed by atoms with Crippen LogP contribution in [-0.2, 0) is 10.3 Å². The number of aromatic nitrogens is 2. The molecule has 1 aliphatic rings. The minimum Gasteiger partial charge on any atom is -0.367 e. The third-order valence-corrected chi connectivity index (χ3v) is 4.23. The molecule has 1 heterocycles. The summed E-state index contributed by atoms with van der Waals surface area (Å²) in [5, 5.41) is 4.17. The van der Waals surface area contributed by atoms with E-state index in [2.05, 4.69) is 24.0 Å². The second-order valence-corrected chi connectivity index (χ2v) is 5.36. The smallest absolute Gasteiger partial charge is 0.229 e. The van der Waals surface area contributed by atoms with Crippen molar-refractivity contribution in [2.45, 2.75) is 70.4 Å². The lowest BCUT2D eigenvalue weighted by Crippen LogP contribution is -2.29. The molecule has 0 amide bonds. The van der Waals surface area contributed by atoms with Crippen LogP contribution < -0.4 is 5.73 Å². The summed E-state index contributed by atoms with van der Waals surface area (Å²) in [4.78, 5) is 4.60. The maximum atomic E-state index is 5.94. The molecule has 2 rings (SSSR count). The van der Waals surface area contributed by atoms with Gasteiger partial charge in [0.05, 0.1) is 0 Å². The summed E-state index contributed by atoms with van der Waals surface area (Å²) in [5.74, 6) is 1.74. The summed E-state index contributed by atoms with van der Waals surface area (Å²) in [7, 11) is 0. The van der Waals surface area contributed by atoms with Crippen molar-refractivity contribution in [3.05, 3.63) is 11.7 Å². The van der Waals surface area contributed by atoms with Crippen molar-refractivity contribution in [2.75, 3.05) is 6.61 Å². The van der Waals surface area contributed by atoms with E-state index >= 15 is 0 Å². The van der Waals surface area contributed by atoms with Gasteiger partial charge < -0.3 is 15.0 Å². The molecule has 0 saturated heterocycles. The zero-order valence-electron chi connectivity index (χ0n) is 12.2. The van der Waals surface area contributed by atoms with Crippen LogP contribution in [-0.4, -0.2) is 22.8 Å². The van der Waals surface area contributed by atoms with E-state index in [4.69, 9.17) is 15.0 Å². The Kier molecular flexibility index (Phi) is 4.58. The molecule has 1 aromatic heterocycles. The molecule has 108 valence electrons. The SMILES string of the molecule is CCOC(CC)(CC)c1noc(C2CCC(N)C2)n1. The summed E-state index contributed by atoms with van der Waals surface area (Å²) in [6.07, 6.45) is 4.73. The summed E-state index contributed by atoms with van der Waals surface area (Å²) in [6.45, 7) is 6.85. The molecule has 1 fully saturated rings. The van der Waals surface area contributed by atoms with E-state index in [0.29, 0.717) is 18.3 Å². The van der Waals surface area contributed by atoms with E-state index in [1.165, 1.54) is 0 Å². The van der Waals surface area contributed by atoms with E-state index in [0.717, 1.165) is 38.0 Å². The lowest BCUT2D eigenvalue weighted by molar-refractivity contribution is -0.0583. The highest BCUT2D eigenvalue weighted by Gasteiger charge is 2.36. The van der Waals surface area contributed by atoms with Crippen molar-refractivity contribution < 1.29 is 9.26 Å². The number of nitrogens with two attached hydrogens (primary N) is 1. The molecule has 5 nitrogen and oxygen atoms in total. The van der Waals surface area contributed by atoms with Gasteiger partial charge in [-0.1, -0.05) is 19.0 Å². The first-order chi connectivity index (χ1) is 9.15. The molecular formula is C14H25N3O2. The topological polar surface area (TPSA) is 74.2 Å². The molecule has 1 aromatic rings. The molecule has 0 bridgehead atoms. The molecule has 0 aromatic carbocycles. The molecule has 0 radical (unpaired) electrons. The van der Waals surface area contributed by atoms with Crippen molar-refractivity contribution in [1.82, 2.24) is 10.1 Å². The Labute approximate surface area is 114 Å². The zero-order chi connectivity index (χ0) is 13.9. The van der Waals surface area contributed by atoms with Gasteiger partial charge in [-0.2, -0.15) is 4.98 Å². The Morgan fingerprint density at radius 1 is 1.32 bits per heavy atom. The fourth-order valence-corrected chi connectivity index (χ4v) is 2.94. The first-order valence-corrected chi connectivity index (χ1v) is 7.38. The van der Waals surface area contributed by atoms with Crippen molar-refractivity contribution >= 4 is 0 Å². The highest BCUT2D eigenvalue weighted by atomic mass is 16.5. The van der Waals surface area contributed by atoms with E-state index in [9.17, 15) is 0 Å². The molecule has 5 heteroatoms. The van der Waals surface area contributed by atoms with Crippen LogP contribution in [0.15, 0.2) is 4.52 Å². The third kappa shape index (κ3) is 2.82. The molecule has 0 spiro atoms. The molecular weight excluding hydrogens is 242 g/mol. The van der Waals surface area contributed by atoms with Gasteiger partial charge in [-0.05, 0) is 39.0 Å². The van der Waals surface area contributed by atoms with Gasteiger partial charge in [-0.15, -0.1) is 0 Å². The van der Waals surface area contributed by atoms with Crippen molar-refractivity contribution in [3.8, 4) is 0 Å². The molecule has 1 aliphatic carbocycles.